The molecule has 1 aliphatic carbocycles. The molecule has 0 unspecified atom stereocenters. The summed E-state index contributed by atoms with van der Waals surface area (Å²) in [5, 5.41) is 1.03. The zero-order valence-electron chi connectivity index (χ0n) is 11.7. The van der Waals surface area contributed by atoms with Crippen LogP contribution in [0.3, 0.4) is 0 Å². The molecule has 3 nitrogen and oxygen atoms in total. The summed E-state index contributed by atoms with van der Waals surface area (Å²) in [4.78, 5) is 6.63. The van der Waals surface area contributed by atoms with E-state index < -0.39 is 0 Å². The quantitative estimate of drug-likeness (QED) is 0.828. The molecule has 1 saturated carbocycles. The Morgan fingerprint density at radius 3 is 2.30 bits per heavy atom. The van der Waals surface area contributed by atoms with Crippen LogP contribution >= 0.6 is 23.2 Å². The zero-order valence-corrected chi connectivity index (χ0v) is 13.2. The van der Waals surface area contributed by atoms with Crippen molar-refractivity contribution in [2.75, 3.05) is 23.7 Å². The summed E-state index contributed by atoms with van der Waals surface area (Å²) in [6.45, 7) is 2.04. The van der Waals surface area contributed by atoms with E-state index in [9.17, 15) is 0 Å². The standard InChI is InChI=1S/C15H21Cl2N3/c16-11-10-12(17)14(19-13(11)18)20-8-6-15(7-9-20)4-2-1-3-5-15/h10H,1-9H2,(H2,18,19). The molecule has 1 aromatic rings. The molecular formula is C15H21Cl2N3. The molecule has 0 aromatic carbocycles. The third-order valence-electron chi connectivity index (χ3n) is 4.98. The van der Waals surface area contributed by atoms with Gasteiger partial charge in [-0.3, -0.25) is 0 Å². The molecule has 2 N–H and O–H groups in total. The predicted octanol–water partition coefficient (Wildman–Crippen LogP) is 4.52. The molecule has 1 aliphatic heterocycles. The van der Waals surface area contributed by atoms with E-state index in [0.29, 0.717) is 21.3 Å². The van der Waals surface area contributed by atoms with Crippen LogP contribution < -0.4 is 10.6 Å². The fourth-order valence-corrected chi connectivity index (χ4v) is 4.17. The molecule has 1 aromatic heterocycles. The summed E-state index contributed by atoms with van der Waals surface area (Å²) in [6, 6.07) is 1.70. The number of piperidine rings is 1. The average molecular weight is 314 g/mol. The van der Waals surface area contributed by atoms with Crippen molar-refractivity contribution in [3.63, 3.8) is 0 Å². The van der Waals surface area contributed by atoms with Crippen LogP contribution in [0, 0.1) is 5.41 Å². The summed E-state index contributed by atoms with van der Waals surface area (Å²) < 4.78 is 0. The minimum atomic E-state index is 0.365. The molecule has 1 saturated heterocycles. The van der Waals surface area contributed by atoms with Crippen LogP contribution in [-0.2, 0) is 0 Å². The van der Waals surface area contributed by atoms with Gasteiger partial charge in [0, 0.05) is 13.1 Å². The van der Waals surface area contributed by atoms with Crippen LogP contribution in [0.4, 0.5) is 11.6 Å². The molecule has 3 rings (SSSR count). The van der Waals surface area contributed by atoms with Crippen LogP contribution in [0.1, 0.15) is 44.9 Å². The van der Waals surface area contributed by atoms with Gasteiger partial charge in [0.1, 0.15) is 11.6 Å². The lowest BCUT2D eigenvalue weighted by molar-refractivity contribution is 0.144. The topological polar surface area (TPSA) is 42.1 Å². The number of aromatic nitrogens is 1. The van der Waals surface area contributed by atoms with Gasteiger partial charge >= 0.3 is 0 Å². The highest BCUT2D eigenvalue weighted by Crippen LogP contribution is 2.45. The lowest BCUT2D eigenvalue weighted by Gasteiger charge is -2.44. The Morgan fingerprint density at radius 2 is 1.65 bits per heavy atom. The van der Waals surface area contributed by atoms with Crippen molar-refractivity contribution in [1.82, 2.24) is 4.98 Å². The second kappa shape index (κ2) is 5.61. The maximum absolute atomic E-state index is 6.27. The highest BCUT2D eigenvalue weighted by atomic mass is 35.5. The van der Waals surface area contributed by atoms with Gasteiger partial charge in [0.15, 0.2) is 0 Å². The normalized spacial score (nSPS) is 22.2. The van der Waals surface area contributed by atoms with Gasteiger partial charge in [-0.1, -0.05) is 42.5 Å². The monoisotopic (exact) mass is 313 g/mol. The minimum Gasteiger partial charge on any atom is -0.382 e. The van der Waals surface area contributed by atoms with Gasteiger partial charge in [-0.2, -0.15) is 0 Å². The molecular weight excluding hydrogens is 293 g/mol. The molecule has 20 heavy (non-hydrogen) atoms. The smallest absolute Gasteiger partial charge is 0.149 e. The molecule has 2 aliphatic rings. The maximum Gasteiger partial charge on any atom is 0.149 e. The molecule has 1 spiro atoms. The summed E-state index contributed by atoms with van der Waals surface area (Å²) in [5.74, 6) is 1.16. The van der Waals surface area contributed by atoms with Crippen molar-refractivity contribution in [2.24, 2.45) is 5.41 Å². The molecule has 0 amide bonds. The Balaban J connectivity index is 1.73. The lowest BCUT2D eigenvalue weighted by Crippen LogP contribution is -2.41. The molecule has 2 heterocycles. The highest BCUT2D eigenvalue weighted by molar-refractivity contribution is 6.37. The van der Waals surface area contributed by atoms with Crippen LogP contribution in [0.5, 0.6) is 0 Å². The second-order valence-corrected chi connectivity index (χ2v) is 7.02. The number of hydrogen-bond acceptors (Lipinski definition) is 3. The van der Waals surface area contributed by atoms with Crippen LogP contribution in [-0.4, -0.2) is 18.1 Å². The van der Waals surface area contributed by atoms with E-state index >= 15 is 0 Å². The summed E-state index contributed by atoms with van der Waals surface area (Å²) in [7, 11) is 0. The van der Waals surface area contributed by atoms with Gasteiger partial charge in [-0.25, -0.2) is 4.98 Å². The van der Waals surface area contributed by atoms with Gasteiger partial charge in [0.05, 0.1) is 10.0 Å². The Morgan fingerprint density at radius 1 is 1.00 bits per heavy atom. The van der Waals surface area contributed by atoms with Gasteiger partial charge in [0.25, 0.3) is 0 Å². The highest BCUT2D eigenvalue weighted by Gasteiger charge is 2.36. The summed E-state index contributed by atoms with van der Waals surface area (Å²) in [6.07, 6.45) is 9.48. The fraction of sp³-hybridized carbons (Fsp3) is 0.667. The van der Waals surface area contributed by atoms with Gasteiger partial charge in [0.2, 0.25) is 0 Å². The third kappa shape index (κ3) is 2.71. The number of nitrogens with zero attached hydrogens (tertiary/aromatic N) is 2. The number of hydrogen-bond donors (Lipinski definition) is 1. The molecule has 0 bridgehead atoms. The Bertz CT molecular complexity index is 488. The number of halogens is 2. The van der Waals surface area contributed by atoms with Crippen molar-refractivity contribution in [1.29, 1.82) is 0 Å². The van der Waals surface area contributed by atoms with Crippen LogP contribution in [0.2, 0.25) is 10.0 Å². The number of pyridine rings is 1. The first kappa shape index (κ1) is 14.3. The van der Waals surface area contributed by atoms with E-state index in [1.165, 1.54) is 44.9 Å². The summed E-state index contributed by atoms with van der Waals surface area (Å²) >= 11 is 12.2. The first-order valence-corrected chi connectivity index (χ1v) is 8.22. The van der Waals surface area contributed by atoms with Gasteiger partial charge in [-0.15, -0.1) is 0 Å². The Labute approximate surface area is 130 Å². The Kier molecular flexibility index (Phi) is 4.00. The predicted molar refractivity (Wildman–Crippen MR) is 85.6 cm³/mol. The average Bonchev–Trinajstić information content (AvgIpc) is 2.45. The van der Waals surface area contributed by atoms with E-state index in [1.54, 1.807) is 6.07 Å². The first-order chi connectivity index (χ1) is 9.60. The fourth-order valence-electron chi connectivity index (χ4n) is 3.69. The molecule has 2 fully saturated rings. The first-order valence-electron chi connectivity index (χ1n) is 7.46. The van der Waals surface area contributed by atoms with Crippen molar-refractivity contribution in [2.45, 2.75) is 44.9 Å². The maximum atomic E-state index is 6.27. The van der Waals surface area contributed by atoms with Crippen molar-refractivity contribution >= 4 is 34.8 Å². The molecule has 5 heteroatoms. The number of rotatable bonds is 1. The van der Waals surface area contributed by atoms with Crippen LogP contribution in [0.25, 0.3) is 0 Å². The van der Waals surface area contributed by atoms with Crippen molar-refractivity contribution in [3.05, 3.63) is 16.1 Å². The molecule has 110 valence electrons. The van der Waals surface area contributed by atoms with Gasteiger partial charge < -0.3 is 10.6 Å². The molecule has 0 radical (unpaired) electrons. The number of nitrogens with two attached hydrogens (primary N) is 1. The minimum absolute atomic E-state index is 0.365. The Hall–Kier alpha value is -0.670. The van der Waals surface area contributed by atoms with Gasteiger partial charge in [-0.05, 0) is 37.2 Å². The number of nitrogen functional groups attached to an aromatic ring is 1. The van der Waals surface area contributed by atoms with E-state index in [0.717, 1.165) is 18.9 Å². The zero-order chi connectivity index (χ0) is 14.2. The second-order valence-electron chi connectivity index (χ2n) is 6.21. The summed E-state index contributed by atoms with van der Waals surface area (Å²) in [5.41, 5.74) is 6.39. The van der Waals surface area contributed by atoms with E-state index in [-0.39, 0.29) is 0 Å². The number of anilines is 2. The van der Waals surface area contributed by atoms with E-state index in [2.05, 4.69) is 9.88 Å². The van der Waals surface area contributed by atoms with Crippen molar-refractivity contribution < 1.29 is 0 Å². The van der Waals surface area contributed by atoms with E-state index in [1.807, 2.05) is 0 Å². The largest absolute Gasteiger partial charge is 0.382 e. The van der Waals surface area contributed by atoms with E-state index in [4.69, 9.17) is 28.9 Å². The molecule has 0 atom stereocenters. The van der Waals surface area contributed by atoms with Crippen molar-refractivity contribution in [3.8, 4) is 0 Å². The lowest BCUT2D eigenvalue weighted by atomic mass is 9.68. The van der Waals surface area contributed by atoms with Crippen LogP contribution in [0.15, 0.2) is 6.07 Å². The SMILES string of the molecule is Nc1nc(N2CCC3(CCCCC3)CC2)c(Cl)cc1Cl. The third-order valence-corrected chi connectivity index (χ3v) is 5.56.